The first kappa shape index (κ1) is 23.3. The number of carbonyl (C=O) groups is 2. The molecule has 6 nitrogen and oxygen atoms in total. The Hall–Kier alpha value is -2.84. The summed E-state index contributed by atoms with van der Waals surface area (Å²) in [6, 6.07) is 13.4. The van der Waals surface area contributed by atoms with Gasteiger partial charge in [-0.2, -0.15) is 0 Å². The van der Waals surface area contributed by atoms with Crippen LogP contribution in [0.25, 0.3) is 5.57 Å². The highest BCUT2D eigenvalue weighted by atomic mass is 32.2. The predicted molar refractivity (Wildman–Crippen MR) is 136 cm³/mol. The molecule has 0 bridgehead atoms. The van der Waals surface area contributed by atoms with Crippen LogP contribution >= 0.6 is 24.0 Å². The molecule has 0 spiro atoms. The van der Waals surface area contributed by atoms with Gasteiger partial charge in [-0.05, 0) is 36.6 Å². The van der Waals surface area contributed by atoms with E-state index in [0.29, 0.717) is 45.8 Å². The largest absolute Gasteiger partial charge is 0.493 e. The molecule has 1 fully saturated rings. The van der Waals surface area contributed by atoms with E-state index in [9.17, 15) is 9.59 Å². The molecule has 33 heavy (non-hydrogen) atoms. The number of hydrogen-bond acceptors (Lipinski definition) is 6. The fourth-order valence-corrected chi connectivity index (χ4v) is 5.44. The summed E-state index contributed by atoms with van der Waals surface area (Å²) < 4.78 is 11.1. The van der Waals surface area contributed by atoms with Crippen LogP contribution < -0.4 is 14.4 Å². The quantitative estimate of drug-likeness (QED) is 0.403. The van der Waals surface area contributed by atoms with E-state index in [0.717, 1.165) is 29.7 Å². The molecule has 0 N–H and O–H groups in total. The standard InChI is InChI=1S/C25H26N2O4S2/c1-4-5-13-26-18-9-7-6-8-17(18)21(23(26)28)22-24(29)27(25(32)33-22)14-12-16-10-11-19(30-2)20(15-16)31-3/h6-11,15H,4-5,12-14H2,1-3H3/b22-21-. The maximum atomic E-state index is 13.4. The Morgan fingerprint density at radius 1 is 0.939 bits per heavy atom. The second-order valence-electron chi connectivity index (χ2n) is 7.80. The number of ether oxygens (including phenoxy) is 2. The fourth-order valence-electron chi connectivity index (χ4n) is 4.06. The molecule has 0 radical (unpaired) electrons. The lowest BCUT2D eigenvalue weighted by Crippen LogP contribution is -2.31. The molecule has 0 atom stereocenters. The lowest BCUT2D eigenvalue weighted by Gasteiger charge is -2.16. The second-order valence-corrected chi connectivity index (χ2v) is 9.44. The molecular formula is C25H26N2O4S2. The lowest BCUT2D eigenvalue weighted by atomic mass is 10.1. The van der Waals surface area contributed by atoms with E-state index in [2.05, 4.69) is 6.92 Å². The number of hydrogen-bond donors (Lipinski definition) is 0. The van der Waals surface area contributed by atoms with Gasteiger partial charge in [0.1, 0.15) is 4.32 Å². The van der Waals surface area contributed by atoms with Gasteiger partial charge >= 0.3 is 0 Å². The summed E-state index contributed by atoms with van der Waals surface area (Å²) in [4.78, 5) is 30.5. The van der Waals surface area contributed by atoms with Crippen molar-refractivity contribution < 1.29 is 19.1 Å². The van der Waals surface area contributed by atoms with Crippen molar-refractivity contribution in [2.75, 3.05) is 32.2 Å². The number of para-hydroxylation sites is 1. The summed E-state index contributed by atoms with van der Waals surface area (Å²) in [6.45, 7) is 3.15. The van der Waals surface area contributed by atoms with Crippen molar-refractivity contribution in [3.63, 3.8) is 0 Å². The number of unbranched alkanes of at least 4 members (excludes halogenated alkanes) is 1. The summed E-state index contributed by atoms with van der Waals surface area (Å²) in [5.41, 5.74) is 3.13. The molecule has 2 aromatic carbocycles. The van der Waals surface area contributed by atoms with Crippen LogP contribution in [0.3, 0.4) is 0 Å². The molecule has 2 aromatic rings. The van der Waals surface area contributed by atoms with Crippen molar-refractivity contribution in [2.24, 2.45) is 0 Å². The van der Waals surface area contributed by atoms with Gasteiger partial charge in [-0.1, -0.05) is 61.6 Å². The molecule has 0 aliphatic carbocycles. The van der Waals surface area contributed by atoms with Crippen molar-refractivity contribution in [1.82, 2.24) is 4.90 Å². The monoisotopic (exact) mass is 482 g/mol. The van der Waals surface area contributed by atoms with Gasteiger partial charge in [0.05, 0.1) is 30.4 Å². The maximum Gasteiger partial charge on any atom is 0.267 e. The Labute approximate surface area is 203 Å². The minimum Gasteiger partial charge on any atom is -0.493 e. The molecule has 2 aliphatic rings. The zero-order valence-electron chi connectivity index (χ0n) is 18.9. The Morgan fingerprint density at radius 2 is 1.70 bits per heavy atom. The van der Waals surface area contributed by atoms with Crippen LogP contribution in [-0.4, -0.2) is 48.3 Å². The van der Waals surface area contributed by atoms with E-state index in [4.69, 9.17) is 21.7 Å². The first-order valence-electron chi connectivity index (χ1n) is 10.9. The summed E-state index contributed by atoms with van der Waals surface area (Å²) in [5.74, 6) is 0.969. The van der Waals surface area contributed by atoms with Gasteiger partial charge < -0.3 is 14.4 Å². The summed E-state index contributed by atoms with van der Waals surface area (Å²) in [5, 5.41) is 0. The summed E-state index contributed by atoms with van der Waals surface area (Å²) in [7, 11) is 3.19. The summed E-state index contributed by atoms with van der Waals surface area (Å²) in [6.07, 6.45) is 2.49. The molecule has 0 aromatic heterocycles. The second kappa shape index (κ2) is 9.97. The smallest absolute Gasteiger partial charge is 0.267 e. The average molecular weight is 483 g/mol. The van der Waals surface area contributed by atoms with Gasteiger partial charge in [0.25, 0.3) is 11.8 Å². The average Bonchev–Trinajstić information content (AvgIpc) is 3.27. The molecular weight excluding hydrogens is 456 g/mol. The number of thiocarbonyl (C=S) groups is 1. The Bertz CT molecular complexity index is 1140. The number of thioether (sulfide) groups is 1. The third-order valence-corrected chi connectivity index (χ3v) is 7.25. The molecule has 4 rings (SSSR count). The number of anilines is 1. The molecule has 2 aliphatic heterocycles. The van der Waals surface area contributed by atoms with Crippen LogP contribution in [0.15, 0.2) is 47.4 Å². The Balaban J connectivity index is 1.58. The van der Waals surface area contributed by atoms with Crippen molar-refractivity contribution >= 4 is 51.4 Å². The zero-order valence-corrected chi connectivity index (χ0v) is 20.6. The highest BCUT2D eigenvalue weighted by Crippen LogP contribution is 2.44. The van der Waals surface area contributed by atoms with Gasteiger partial charge in [-0.25, -0.2) is 0 Å². The molecule has 8 heteroatoms. The maximum absolute atomic E-state index is 13.4. The third kappa shape index (κ3) is 4.37. The van der Waals surface area contributed by atoms with E-state index in [-0.39, 0.29) is 11.8 Å². The first-order chi connectivity index (χ1) is 16.0. The van der Waals surface area contributed by atoms with E-state index in [1.165, 1.54) is 11.8 Å². The molecule has 2 amide bonds. The van der Waals surface area contributed by atoms with Crippen LogP contribution in [0.1, 0.15) is 30.9 Å². The number of carbonyl (C=O) groups excluding carboxylic acids is 2. The van der Waals surface area contributed by atoms with Crippen LogP contribution in [0.4, 0.5) is 5.69 Å². The van der Waals surface area contributed by atoms with Crippen molar-refractivity contribution in [3.05, 3.63) is 58.5 Å². The van der Waals surface area contributed by atoms with E-state index >= 15 is 0 Å². The minimum absolute atomic E-state index is 0.120. The van der Waals surface area contributed by atoms with Gasteiger partial charge in [0.2, 0.25) is 0 Å². The Morgan fingerprint density at radius 3 is 2.42 bits per heavy atom. The van der Waals surface area contributed by atoms with Crippen LogP contribution in [-0.2, 0) is 16.0 Å². The fraction of sp³-hybridized carbons (Fsp3) is 0.320. The number of nitrogens with zero attached hydrogens (tertiary/aromatic N) is 2. The minimum atomic E-state index is -0.207. The first-order valence-corrected chi connectivity index (χ1v) is 12.1. The number of fused-ring (bicyclic) bond motifs is 1. The van der Waals surface area contributed by atoms with Crippen LogP contribution in [0.5, 0.6) is 11.5 Å². The summed E-state index contributed by atoms with van der Waals surface area (Å²) >= 11 is 6.75. The lowest BCUT2D eigenvalue weighted by molar-refractivity contribution is -0.122. The van der Waals surface area contributed by atoms with Crippen LogP contribution in [0, 0.1) is 0 Å². The SMILES string of the molecule is CCCCN1C(=O)/C(=C2\SC(=S)N(CCc3ccc(OC)c(OC)c3)C2=O)c2ccccc21. The molecule has 0 saturated carbocycles. The van der Waals surface area contributed by atoms with Crippen molar-refractivity contribution in [3.8, 4) is 11.5 Å². The molecule has 172 valence electrons. The topological polar surface area (TPSA) is 59.1 Å². The van der Waals surface area contributed by atoms with E-state index in [1.807, 2.05) is 42.5 Å². The van der Waals surface area contributed by atoms with Gasteiger partial charge in [0, 0.05) is 18.7 Å². The van der Waals surface area contributed by atoms with Crippen molar-refractivity contribution in [1.29, 1.82) is 0 Å². The molecule has 1 saturated heterocycles. The predicted octanol–water partition coefficient (Wildman–Crippen LogP) is 4.66. The van der Waals surface area contributed by atoms with Gasteiger partial charge in [0.15, 0.2) is 11.5 Å². The number of rotatable bonds is 8. The van der Waals surface area contributed by atoms with E-state index in [1.54, 1.807) is 24.0 Å². The zero-order chi connectivity index (χ0) is 23.5. The number of benzene rings is 2. The highest BCUT2D eigenvalue weighted by Gasteiger charge is 2.41. The third-order valence-electron chi connectivity index (χ3n) is 5.81. The molecule has 0 unspecified atom stereocenters. The van der Waals surface area contributed by atoms with Crippen molar-refractivity contribution in [2.45, 2.75) is 26.2 Å². The van der Waals surface area contributed by atoms with E-state index < -0.39 is 0 Å². The highest BCUT2D eigenvalue weighted by molar-refractivity contribution is 8.26. The normalized spacial score (nSPS) is 17.7. The van der Waals surface area contributed by atoms with Gasteiger partial charge in [-0.15, -0.1) is 0 Å². The van der Waals surface area contributed by atoms with Crippen LogP contribution in [0.2, 0.25) is 0 Å². The molecule has 2 heterocycles. The number of methoxy groups -OCH3 is 2. The van der Waals surface area contributed by atoms with Gasteiger partial charge in [-0.3, -0.25) is 14.5 Å². The number of amides is 2. The Kier molecular flexibility index (Phi) is 7.05.